The molecule has 1 aromatic carbocycles. The first-order chi connectivity index (χ1) is 11.4. The highest BCUT2D eigenvalue weighted by molar-refractivity contribution is 5.87. The van der Waals surface area contributed by atoms with E-state index in [4.69, 9.17) is 0 Å². The third kappa shape index (κ3) is 1.78. The smallest absolute Gasteiger partial charge is 0.162 e. The van der Waals surface area contributed by atoms with Gasteiger partial charge >= 0.3 is 0 Å². The summed E-state index contributed by atoms with van der Waals surface area (Å²) in [7, 11) is 0. The Bertz CT molecular complexity index is 717. The third-order valence-electron chi connectivity index (χ3n) is 6.43. The number of rotatable bonds is 2. The van der Waals surface area contributed by atoms with Gasteiger partial charge in [-0.1, -0.05) is 12.1 Å². The molecule has 1 aliphatic heterocycles. The van der Waals surface area contributed by atoms with Gasteiger partial charge in [-0.05, 0) is 49.1 Å². The minimum absolute atomic E-state index is 0.0997. The molecule has 128 valence electrons. The molecular formula is C19H23NO4. The van der Waals surface area contributed by atoms with E-state index in [-0.39, 0.29) is 24.0 Å². The molecule has 1 saturated carbocycles. The molecule has 2 aliphatic carbocycles. The van der Waals surface area contributed by atoms with Crippen LogP contribution in [0.3, 0.4) is 0 Å². The number of nitrogens with zero attached hydrogens (tertiary/aromatic N) is 1. The highest BCUT2D eigenvalue weighted by Gasteiger charge is 2.68. The van der Waals surface area contributed by atoms with Gasteiger partial charge in [-0.15, -0.1) is 6.58 Å². The third-order valence-corrected chi connectivity index (χ3v) is 6.43. The van der Waals surface area contributed by atoms with Crippen molar-refractivity contribution in [3.63, 3.8) is 0 Å². The number of fused-ring (bicyclic) bond motifs is 1. The van der Waals surface area contributed by atoms with Crippen LogP contribution in [0.25, 0.3) is 0 Å². The average Bonchev–Trinajstić information content (AvgIpc) is 2.55. The summed E-state index contributed by atoms with van der Waals surface area (Å²) in [5, 5.41) is 32.6. The molecule has 3 aliphatic rings. The monoisotopic (exact) mass is 329 g/mol. The van der Waals surface area contributed by atoms with Crippen molar-refractivity contribution in [1.82, 2.24) is 4.90 Å². The largest absolute Gasteiger partial charge is 0.508 e. The first-order valence-corrected chi connectivity index (χ1v) is 8.54. The minimum atomic E-state index is -1.23. The van der Waals surface area contributed by atoms with Gasteiger partial charge in [-0.3, -0.25) is 9.69 Å². The van der Waals surface area contributed by atoms with Crippen molar-refractivity contribution >= 4 is 5.78 Å². The molecule has 1 heterocycles. The number of phenols is 1. The molecule has 4 unspecified atom stereocenters. The normalized spacial score (nSPS) is 38.3. The summed E-state index contributed by atoms with van der Waals surface area (Å²) in [4.78, 5) is 14.5. The molecular weight excluding hydrogens is 306 g/mol. The number of carbonyl (C=O) groups is 1. The Labute approximate surface area is 141 Å². The van der Waals surface area contributed by atoms with Crippen molar-refractivity contribution in [3.05, 3.63) is 42.0 Å². The van der Waals surface area contributed by atoms with E-state index in [2.05, 4.69) is 11.5 Å². The maximum atomic E-state index is 12.3. The number of Topliss-reactive ketones (excluding diaryl/α,β-unsaturated/α-hetero) is 1. The van der Waals surface area contributed by atoms with Crippen LogP contribution in [0.5, 0.6) is 5.75 Å². The van der Waals surface area contributed by atoms with Gasteiger partial charge in [0.25, 0.3) is 0 Å². The first-order valence-electron chi connectivity index (χ1n) is 8.54. The molecule has 24 heavy (non-hydrogen) atoms. The Kier molecular flexibility index (Phi) is 3.39. The van der Waals surface area contributed by atoms with Crippen molar-refractivity contribution in [2.24, 2.45) is 0 Å². The second kappa shape index (κ2) is 5.15. The van der Waals surface area contributed by atoms with Gasteiger partial charge in [0, 0.05) is 19.0 Å². The summed E-state index contributed by atoms with van der Waals surface area (Å²) >= 11 is 0. The molecule has 2 fully saturated rings. The zero-order valence-electron chi connectivity index (χ0n) is 13.6. The number of ketones is 1. The van der Waals surface area contributed by atoms with E-state index in [0.29, 0.717) is 32.4 Å². The van der Waals surface area contributed by atoms with Gasteiger partial charge in [0.2, 0.25) is 0 Å². The van der Waals surface area contributed by atoms with Gasteiger partial charge < -0.3 is 15.3 Å². The number of phenolic OH excluding ortho intramolecular Hbond substituents is 1. The molecule has 5 heteroatoms. The molecule has 2 bridgehead atoms. The van der Waals surface area contributed by atoms with E-state index < -0.39 is 17.1 Å². The maximum absolute atomic E-state index is 12.3. The van der Waals surface area contributed by atoms with Gasteiger partial charge in [-0.2, -0.15) is 0 Å². The van der Waals surface area contributed by atoms with Crippen LogP contribution >= 0.6 is 0 Å². The van der Waals surface area contributed by atoms with Crippen LogP contribution in [0.2, 0.25) is 0 Å². The van der Waals surface area contributed by atoms with E-state index >= 15 is 0 Å². The van der Waals surface area contributed by atoms with E-state index in [1.807, 2.05) is 12.1 Å². The lowest BCUT2D eigenvalue weighted by Gasteiger charge is -2.64. The SMILES string of the molecule is C=CCN1CCC23c4cc(O)ccc4CC1C2(O)CCC(=O)C3O. The Morgan fingerprint density at radius 3 is 2.92 bits per heavy atom. The fourth-order valence-electron chi connectivity index (χ4n) is 5.34. The van der Waals surface area contributed by atoms with Crippen molar-refractivity contribution in [2.75, 3.05) is 13.1 Å². The van der Waals surface area contributed by atoms with Crippen LogP contribution in [0.1, 0.15) is 30.4 Å². The Morgan fingerprint density at radius 1 is 1.38 bits per heavy atom. The number of hydrogen-bond acceptors (Lipinski definition) is 5. The zero-order valence-corrected chi connectivity index (χ0v) is 13.6. The number of hydrogen-bond donors (Lipinski definition) is 3. The molecule has 4 atom stereocenters. The molecule has 1 saturated heterocycles. The van der Waals surface area contributed by atoms with Crippen LogP contribution < -0.4 is 0 Å². The number of carbonyl (C=O) groups excluding carboxylic acids is 1. The van der Waals surface area contributed by atoms with Gasteiger partial charge in [-0.25, -0.2) is 0 Å². The summed E-state index contributed by atoms with van der Waals surface area (Å²) in [5.41, 5.74) is -0.482. The van der Waals surface area contributed by atoms with Crippen molar-refractivity contribution in [2.45, 2.75) is 48.8 Å². The number of benzene rings is 1. The lowest BCUT2D eigenvalue weighted by Crippen LogP contribution is -2.77. The van der Waals surface area contributed by atoms with Crippen LogP contribution in [-0.2, 0) is 16.6 Å². The summed E-state index contributed by atoms with van der Waals surface area (Å²) in [5.74, 6) is -0.116. The number of piperidine rings is 1. The van der Waals surface area contributed by atoms with E-state index in [1.54, 1.807) is 12.1 Å². The summed E-state index contributed by atoms with van der Waals surface area (Å²) in [6, 6.07) is 4.94. The second-order valence-electron chi connectivity index (χ2n) is 7.36. The number of likely N-dealkylation sites (tertiary alicyclic amines) is 1. The number of aromatic hydroxyl groups is 1. The molecule has 0 aromatic heterocycles. The number of aliphatic hydroxyl groups is 2. The predicted octanol–water partition coefficient (Wildman–Crippen LogP) is 0.901. The van der Waals surface area contributed by atoms with Crippen molar-refractivity contribution in [3.8, 4) is 5.75 Å². The lowest BCUT2D eigenvalue weighted by atomic mass is 9.48. The molecule has 3 N–H and O–H groups in total. The molecule has 0 radical (unpaired) electrons. The van der Waals surface area contributed by atoms with Gasteiger partial charge in [0.05, 0.1) is 11.0 Å². The van der Waals surface area contributed by atoms with Gasteiger partial charge in [0.1, 0.15) is 11.9 Å². The fraction of sp³-hybridized carbons (Fsp3) is 0.526. The van der Waals surface area contributed by atoms with Crippen LogP contribution in [0, 0.1) is 0 Å². The average molecular weight is 329 g/mol. The van der Waals surface area contributed by atoms with Crippen LogP contribution in [0.15, 0.2) is 30.9 Å². The number of aliphatic hydroxyl groups excluding tert-OH is 1. The fourth-order valence-corrected chi connectivity index (χ4v) is 5.34. The van der Waals surface area contributed by atoms with Gasteiger partial charge in [0.15, 0.2) is 5.78 Å². The Balaban J connectivity index is 1.96. The van der Waals surface area contributed by atoms with Crippen LogP contribution in [0.4, 0.5) is 0 Å². The van der Waals surface area contributed by atoms with Crippen LogP contribution in [-0.4, -0.2) is 56.8 Å². The summed E-state index contributed by atoms with van der Waals surface area (Å²) < 4.78 is 0. The summed E-state index contributed by atoms with van der Waals surface area (Å²) in [6.07, 6.45) is 2.25. The quantitative estimate of drug-likeness (QED) is 0.703. The van der Waals surface area contributed by atoms with E-state index in [0.717, 1.165) is 11.1 Å². The Morgan fingerprint density at radius 2 is 2.17 bits per heavy atom. The van der Waals surface area contributed by atoms with E-state index in [9.17, 15) is 20.1 Å². The van der Waals surface area contributed by atoms with E-state index in [1.165, 1.54) is 0 Å². The second-order valence-corrected chi connectivity index (χ2v) is 7.36. The topological polar surface area (TPSA) is 81.0 Å². The first kappa shape index (κ1) is 15.8. The maximum Gasteiger partial charge on any atom is 0.162 e. The van der Waals surface area contributed by atoms with Crippen molar-refractivity contribution in [1.29, 1.82) is 0 Å². The highest BCUT2D eigenvalue weighted by atomic mass is 16.3. The van der Waals surface area contributed by atoms with Crippen molar-refractivity contribution < 1.29 is 20.1 Å². The zero-order chi connectivity index (χ0) is 17.1. The summed E-state index contributed by atoms with van der Waals surface area (Å²) in [6.45, 7) is 5.15. The minimum Gasteiger partial charge on any atom is -0.508 e. The molecule has 0 spiro atoms. The molecule has 5 nitrogen and oxygen atoms in total. The molecule has 0 amide bonds. The predicted molar refractivity (Wildman–Crippen MR) is 88.9 cm³/mol. The lowest BCUT2D eigenvalue weighted by molar-refractivity contribution is -0.199. The Hall–Kier alpha value is -1.69. The highest BCUT2D eigenvalue weighted by Crippen LogP contribution is 2.57. The molecule has 4 rings (SSSR count). The standard InChI is InChI=1S/C19H23NO4/c1-2-8-20-9-7-18-14-11-13(21)4-3-12(14)10-16(20)19(18,24)6-5-15(22)17(18)23/h2-4,11,16-17,21,23-24H,1,5-10H2. The molecule has 1 aromatic rings.